The molecule has 2 rings (SSSR count). The highest BCUT2D eigenvalue weighted by atomic mass is 19.4. The first-order valence-electron chi connectivity index (χ1n) is 6.64. The highest BCUT2D eigenvalue weighted by Crippen LogP contribution is 2.38. The predicted molar refractivity (Wildman–Crippen MR) is 64.6 cm³/mol. The number of nitrogens with zero attached hydrogens (tertiary/aromatic N) is 1. The number of rotatable bonds is 2. The van der Waals surface area contributed by atoms with Crippen molar-refractivity contribution in [3.05, 3.63) is 0 Å². The number of hydrogen-bond donors (Lipinski definition) is 2. The van der Waals surface area contributed by atoms with Crippen LogP contribution in [0.3, 0.4) is 0 Å². The molecule has 1 aliphatic heterocycles. The topological polar surface area (TPSA) is 75.4 Å². The second-order valence-corrected chi connectivity index (χ2v) is 5.66. The van der Waals surface area contributed by atoms with Gasteiger partial charge in [-0.3, -0.25) is 4.79 Å². The Balaban J connectivity index is 2.25. The van der Waals surface area contributed by atoms with E-state index in [4.69, 9.17) is 5.73 Å². The second-order valence-electron chi connectivity index (χ2n) is 5.66. The number of hydrogen-bond acceptors (Lipinski definition) is 3. The van der Waals surface area contributed by atoms with Crippen LogP contribution in [-0.2, 0) is 4.79 Å². The molecular weight excluding hydrogens is 275 g/mol. The SMILES string of the molecule is CC1CCC2(CC1)NC(=O)N(C(CN)C(F)(F)F)C2=O. The summed E-state index contributed by atoms with van der Waals surface area (Å²) in [6.45, 7) is 1.19. The van der Waals surface area contributed by atoms with E-state index in [1.54, 1.807) is 0 Å². The van der Waals surface area contributed by atoms with E-state index >= 15 is 0 Å². The largest absolute Gasteiger partial charge is 0.410 e. The van der Waals surface area contributed by atoms with E-state index in [2.05, 4.69) is 5.32 Å². The third-order valence-corrected chi connectivity index (χ3v) is 4.23. The first-order valence-corrected chi connectivity index (χ1v) is 6.64. The Bertz CT molecular complexity index is 417. The first kappa shape index (κ1) is 15.1. The summed E-state index contributed by atoms with van der Waals surface area (Å²) < 4.78 is 38.6. The highest BCUT2D eigenvalue weighted by molar-refractivity contribution is 6.07. The molecule has 3 N–H and O–H groups in total. The van der Waals surface area contributed by atoms with E-state index in [0.717, 1.165) is 0 Å². The molecule has 0 aromatic rings. The van der Waals surface area contributed by atoms with Crippen molar-refractivity contribution in [2.24, 2.45) is 11.7 Å². The van der Waals surface area contributed by atoms with Crippen molar-refractivity contribution in [1.29, 1.82) is 0 Å². The predicted octanol–water partition coefficient (Wildman–Crippen LogP) is 1.38. The number of imide groups is 1. The van der Waals surface area contributed by atoms with Crippen molar-refractivity contribution in [3.8, 4) is 0 Å². The van der Waals surface area contributed by atoms with Gasteiger partial charge in [-0.25, -0.2) is 9.69 Å². The van der Waals surface area contributed by atoms with Crippen LogP contribution in [0.2, 0.25) is 0 Å². The molecule has 2 fully saturated rings. The van der Waals surface area contributed by atoms with Gasteiger partial charge in [-0.2, -0.15) is 13.2 Å². The molecule has 1 saturated heterocycles. The molecule has 1 heterocycles. The van der Waals surface area contributed by atoms with Crippen LogP contribution >= 0.6 is 0 Å². The quantitative estimate of drug-likeness (QED) is 0.755. The molecule has 0 aromatic heterocycles. The molecule has 0 aromatic carbocycles. The number of carbonyl (C=O) groups is 2. The van der Waals surface area contributed by atoms with Gasteiger partial charge in [0.15, 0.2) is 0 Å². The minimum Gasteiger partial charge on any atom is -0.328 e. The summed E-state index contributed by atoms with van der Waals surface area (Å²) in [7, 11) is 0. The Morgan fingerprint density at radius 2 is 1.95 bits per heavy atom. The summed E-state index contributed by atoms with van der Waals surface area (Å²) in [6.07, 6.45) is -2.54. The fourth-order valence-corrected chi connectivity index (χ4v) is 2.90. The van der Waals surface area contributed by atoms with Crippen molar-refractivity contribution in [2.75, 3.05) is 6.54 Å². The molecule has 1 aliphatic carbocycles. The van der Waals surface area contributed by atoms with Crippen LogP contribution in [0, 0.1) is 5.92 Å². The van der Waals surface area contributed by atoms with E-state index in [1.807, 2.05) is 6.92 Å². The number of nitrogens with two attached hydrogens (primary N) is 1. The van der Waals surface area contributed by atoms with Gasteiger partial charge in [0.2, 0.25) is 0 Å². The van der Waals surface area contributed by atoms with Gasteiger partial charge < -0.3 is 11.1 Å². The molecule has 20 heavy (non-hydrogen) atoms. The van der Waals surface area contributed by atoms with Crippen LogP contribution in [0.1, 0.15) is 32.6 Å². The van der Waals surface area contributed by atoms with Gasteiger partial charge >= 0.3 is 12.2 Å². The van der Waals surface area contributed by atoms with Crippen LogP contribution in [0.25, 0.3) is 0 Å². The summed E-state index contributed by atoms with van der Waals surface area (Å²) in [5.74, 6) is -0.380. The van der Waals surface area contributed by atoms with E-state index in [1.165, 1.54) is 0 Å². The summed E-state index contributed by atoms with van der Waals surface area (Å²) in [4.78, 5) is 24.4. The molecule has 1 saturated carbocycles. The van der Waals surface area contributed by atoms with Crippen LogP contribution < -0.4 is 11.1 Å². The van der Waals surface area contributed by atoms with E-state index in [9.17, 15) is 22.8 Å². The zero-order valence-corrected chi connectivity index (χ0v) is 11.2. The maximum Gasteiger partial charge on any atom is 0.410 e. The van der Waals surface area contributed by atoms with Crippen LogP contribution in [-0.4, -0.2) is 41.1 Å². The fourth-order valence-electron chi connectivity index (χ4n) is 2.90. The molecule has 1 unspecified atom stereocenters. The summed E-state index contributed by atoms with van der Waals surface area (Å²) in [6, 6.07) is -3.24. The summed E-state index contributed by atoms with van der Waals surface area (Å²) in [5, 5.41) is 2.46. The number of urea groups is 1. The monoisotopic (exact) mass is 293 g/mol. The molecule has 3 amide bonds. The summed E-state index contributed by atoms with van der Waals surface area (Å²) in [5.41, 5.74) is 3.94. The molecule has 8 heteroatoms. The van der Waals surface area contributed by atoms with Crippen LogP contribution in [0.4, 0.5) is 18.0 Å². The van der Waals surface area contributed by atoms with Gasteiger partial charge in [0, 0.05) is 6.54 Å². The molecule has 1 atom stereocenters. The van der Waals surface area contributed by atoms with Gasteiger partial charge in [0.05, 0.1) is 0 Å². The number of carbonyl (C=O) groups excluding carboxylic acids is 2. The smallest absolute Gasteiger partial charge is 0.328 e. The van der Waals surface area contributed by atoms with E-state index in [-0.39, 0.29) is 4.90 Å². The molecule has 1 spiro atoms. The van der Waals surface area contributed by atoms with E-state index < -0.39 is 36.2 Å². The van der Waals surface area contributed by atoms with Gasteiger partial charge in [0.1, 0.15) is 11.6 Å². The average Bonchev–Trinajstić information content (AvgIpc) is 2.57. The Kier molecular flexibility index (Phi) is 3.70. The molecule has 2 aliphatic rings. The van der Waals surface area contributed by atoms with Crippen LogP contribution in [0.15, 0.2) is 0 Å². The maximum absolute atomic E-state index is 12.9. The average molecular weight is 293 g/mol. The third-order valence-electron chi connectivity index (χ3n) is 4.23. The Hall–Kier alpha value is -1.31. The van der Waals surface area contributed by atoms with Crippen molar-refractivity contribution in [1.82, 2.24) is 10.2 Å². The Labute approximate surface area is 114 Å². The molecule has 0 bridgehead atoms. The Morgan fingerprint density at radius 3 is 2.40 bits per heavy atom. The van der Waals surface area contributed by atoms with Crippen molar-refractivity contribution in [2.45, 2.75) is 50.4 Å². The molecule has 114 valence electrons. The minimum atomic E-state index is -4.71. The van der Waals surface area contributed by atoms with Gasteiger partial charge in [-0.15, -0.1) is 0 Å². The lowest BCUT2D eigenvalue weighted by atomic mass is 9.77. The second kappa shape index (κ2) is 4.91. The number of halogens is 3. The summed E-state index contributed by atoms with van der Waals surface area (Å²) >= 11 is 0. The van der Waals surface area contributed by atoms with Gasteiger partial charge in [-0.05, 0) is 31.6 Å². The highest BCUT2D eigenvalue weighted by Gasteiger charge is 2.58. The lowest BCUT2D eigenvalue weighted by Gasteiger charge is -2.34. The van der Waals surface area contributed by atoms with Gasteiger partial charge in [-0.1, -0.05) is 6.92 Å². The minimum absolute atomic E-state index is 0.260. The maximum atomic E-state index is 12.9. The van der Waals surface area contributed by atoms with Crippen LogP contribution in [0.5, 0.6) is 0 Å². The third kappa shape index (κ3) is 2.36. The standard InChI is InChI=1S/C12H18F3N3O2/c1-7-2-4-11(5-3-7)9(19)18(10(20)17-11)8(6-16)12(13,14)15/h7-8H,2-6,16H2,1H3,(H,17,20). The zero-order chi connectivity index (χ0) is 15.1. The van der Waals surface area contributed by atoms with Gasteiger partial charge in [0.25, 0.3) is 5.91 Å². The lowest BCUT2D eigenvalue weighted by molar-refractivity contribution is -0.179. The van der Waals surface area contributed by atoms with E-state index in [0.29, 0.717) is 31.6 Å². The zero-order valence-electron chi connectivity index (χ0n) is 11.2. The molecule has 0 radical (unpaired) electrons. The molecular formula is C12H18F3N3O2. The number of nitrogens with one attached hydrogen (secondary N) is 1. The number of alkyl halides is 3. The van der Waals surface area contributed by atoms with Crippen molar-refractivity contribution >= 4 is 11.9 Å². The Morgan fingerprint density at radius 1 is 1.40 bits per heavy atom. The number of amides is 3. The fraction of sp³-hybridized carbons (Fsp3) is 0.833. The van der Waals surface area contributed by atoms with Crippen molar-refractivity contribution < 1.29 is 22.8 Å². The lowest BCUT2D eigenvalue weighted by Crippen LogP contribution is -2.55. The normalized spacial score (nSPS) is 32.6. The molecule has 5 nitrogen and oxygen atoms in total. The first-order chi connectivity index (χ1) is 9.21. The van der Waals surface area contributed by atoms with Crippen molar-refractivity contribution in [3.63, 3.8) is 0 Å².